The van der Waals surface area contributed by atoms with Gasteiger partial charge in [0.15, 0.2) is 5.82 Å². The summed E-state index contributed by atoms with van der Waals surface area (Å²) in [7, 11) is 0. The summed E-state index contributed by atoms with van der Waals surface area (Å²) >= 11 is 5.76. The average molecular weight is 234 g/mol. The Bertz CT molecular complexity index is 537. The van der Waals surface area contributed by atoms with Crippen molar-refractivity contribution < 1.29 is 0 Å². The van der Waals surface area contributed by atoms with E-state index in [0.717, 1.165) is 5.69 Å². The Morgan fingerprint density at radius 1 is 1.38 bits per heavy atom. The van der Waals surface area contributed by atoms with E-state index < -0.39 is 0 Å². The standard InChI is InChI=1S/C10H8ClN5/c11-6-1-3-7(4-2-6)14-10-8(5-12)9(13)15-16-10/h1-4H,(H4,13,14,15,16). The lowest BCUT2D eigenvalue weighted by atomic mass is 10.3. The van der Waals surface area contributed by atoms with Crippen molar-refractivity contribution in [3.63, 3.8) is 0 Å². The molecular weight excluding hydrogens is 226 g/mol. The number of benzene rings is 1. The number of rotatable bonds is 2. The molecule has 0 aliphatic heterocycles. The van der Waals surface area contributed by atoms with Crippen LogP contribution in [0.15, 0.2) is 24.3 Å². The highest BCUT2D eigenvalue weighted by molar-refractivity contribution is 6.30. The topological polar surface area (TPSA) is 90.5 Å². The van der Waals surface area contributed by atoms with Crippen molar-refractivity contribution in [2.45, 2.75) is 0 Å². The molecule has 0 saturated heterocycles. The largest absolute Gasteiger partial charge is 0.383 e. The zero-order valence-electron chi connectivity index (χ0n) is 8.16. The second-order valence-electron chi connectivity index (χ2n) is 3.10. The molecule has 0 atom stereocenters. The van der Waals surface area contributed by atoms with Crippen LogP contribution in [0.25, 0.3) is 0 Å². The van der Waals surface area contributed by atoms with E-state index in [-0.39, 0.29) is 5.82 Å². The number of nitrogens with two attached hydrogens (primary N) is 1. The predicted octanol–water partition coefficient (Wildman–Crippen LogP) is 2.26. The quantitative estimate of drug-likeness (QED) is 0.742. The van der Waals surface area contributed by atoms with Gasteiger partial charge in [-0.3, -0.25) is 5.10 Å². The van der Waals surface area contributed by atoms with E-state index in [9.17, 15) is 0 Å². The number of hydrogen-bond donors (Lipinski definition) is 3. The lowest BCUT2D eigenvalue weighted by Gasteiger charge is -2.02. The van der Waals surface area contributed by atoms with Crippen LogP contribution in [0.2, 0.25) is 5.02 Å². The average Bonchev–Trinajstić information content (AvgIpc) is 2.63. The summed E-state index contributed by atoms with van der Waals surface area (Å²) < 4.78 is 0. The minimum Gasteiger partial charge on any atom is -0.383 e. The molecule has 0 saturated carbocycles. The normalized spacial score (nSPS) is 9.75. The number of anilines is 3. The van der Waals surface area contributed by atoms with Crippen LogP contribution in [0.3, 0.4) is 0 Å². The Labute approximate surface area is 96.8 Å². The molecule has 0 spiro atoms. The van der Waals surface area contributed by atoms with Gasteiger partial charge in [-0.15, -0.1) is 0 Å². The van der Waals surface area contributed by atoms with Crippen LogP contribution in [0, 0.1) is 11.3 Å². The molecular formula is C10H8ClN5. The van der Waals surface area contributed by atoms with E-state index >= 15 is 0 Å². The molecule has 0 unspecified atom stereocenters. The maximum atomic E-state index is 8.86. The van der Waals surface area contributed by atoms with Crippen LogP contribution in [0.4, 0.5) is 17.3 Å². The van der Waals surface area contributed by atoms with Gasteiger partial charge in [0.1, 0.15) is 17.5 Å². The summed E-state index contributed by atoms with van der Waals surface area (Å²) in [5.74, 6) is 0.654. The lowest BCUT2D eigenvalue weighted by molar-refractivity contribution is 1.10. The fourth-order valence-corrected chi connectivity index (χ4v) is 1.36. The van der Waals surface area contributed by atoms with E-state index in [1.807, 2.05) is 6.07 Å². The summed E-state index contributed by atoms with van der Waals surface area (Å²) in [6.07, 6.45) is 0. The Balaban J connectivity index is 2.27. The molecule has 1 aromatic carbocycles. The third-order valence-corrected chi connectivity index (χ3v) is 2.27. The molecule has 2 rings (SSSR count). The summed E-state index contributed by atoms with van der Waals surface area (Å²) in [6, 6.07) is 9.02. The monoisotopic (exact) mass is 233 g/mol. The third-order valence-electron chi connectivity index (χ3n) is 2.01. The second kappa shape index (κ2) is 4.13. The molecule has 0 aliphatic carbocycles. The van der Waals surface area contributed by atoms with Gasteiger partial charge in [0.05, 0.1) is 0 Å². The Kier molecular flexibility index (Phi) is 2.66. The third kappa shape index (κ3) is 1.92. The SMILES string of the molecule is N#Cc1c(Nc2ccc(Cl)cc2)n[nH]c1N. The van der Waals surface area contributed by atoms with Crippen LogP contribution in [-0.4, -0.2) is 10.2 Å². The van der Waals surface area contributed by atoms with E-state index in [2.05, 4.69) is 15.5 Å². The minimum absolute atomic E-state index is 0.249. The molecule has 4 N–H and O–H groups in total. The second-order valence-corrected chi connectivity index (χ2v) is 3.54. The first kappa shape index (κ1) is 10.3. The molecule has 1 heterocycles. The van der Waals surface area contributed by atoms with E-state index in [1.54, 1.807) is 24.3 Å². The molecule has 0 radical (unpaired) electrons. The number of nitriles is 1. The molecule has 16 heavy (non-hydrogen) atoms. The number of nitrogens with one attached hydrogen (secondary N) is 2. The summed E-state index contributed by atoms with van der Waals surface area (Å²) in [4.78, 5) is 0. The lowest BCUT2D eigenvalue weighted by Crippen LogP contribution is -1.93. The zero-order chi connectivity index (χ0) is 11.5. The number of aromatic amines is 1. The van der Waals surface area contributed by atoms with Gasteiger partial charge in [0.2, 0.25) is 0 Å². The number of aromatic nitrogens is 2. The van der Waals surface area contributed by atoms with E-state index in [4.69, 9.17) is 22.6 Å². The Morgan fingerprint density at radius 2 is 2.06 bits per heavy atom. The molecule has 0 fully saturated rings. The summed E-state index contributed by atoms with van der Waals surface area (Å²) in [5, 5.41) is 18.9. The predicted molar refractivity (Wildman–Crippen MR) is 62.4 cm³/mol. The number of hydrogen-bond acceptors (Lipinski definition) is 4. The molecule has 0 amide bonds. The van der Waals surface area contributed by atoms with Crippen LogP contribution in [0.1, 0.15) is 5.56 Å². The first-order valence-corrected chi connectivity index (χ1v) is 4.85. The molecule has 0 bridgehead atoms. The number of nitrogens with zero attached hydrogens (tertiary/aromatic N) is 2. The van der Waals surface area contributed by atoms with Crippen LogP contribution >= 0.6 is 11.6 Å². The van der Waals surface area contributed by atoms with Crippen molar-refractivity contribution >= 4 is 28.9 Å². The highest BCUT2D eigenvalue weighted by atomic mass is 35.5. The van der Waals surface area contributed by atoms with Crippen molar-refractivity contribution in [2.24, 2.45) is 0 Å². The maximum absolute atomic E-state index is 8.86. The van der Waals surface area contributed by atoms with Gasteiger partial charge in [-0.2, -0.15) is 10.4 Å². The van der Waals surface area contributed by atoms with Gasteiger partial charge in [-0.1, -0.05) is 11.6 Å². The van der Waals surface area contributed by atoms with Crippen LogP contribution in [0.5, 0.6) is 0 Å². The first-order valence-electron chi connectivity index (χ1n) is 4.47. The smallest absolute Gasteiger partial charge is 0.172 e. The highest BCUT2D eigenvalue weighted by Gasteiger charge is 2.09. The summed E-state index contributed by atoms with van der Waals surface area (Å²) in [6.45, 7) is 0. The molecule has 80 valence electrons. The van der Waals surface area contributed by atoms with Gasteiger partial charge in [-0.05, 0) is 24.3 Å². The first-order chi connectivity index (χ1) is 7.70. The fourth-order valence-electron chi connectivity index (χ4n) is 1.23. The molecule has 5 nitrogen and oxygen atoms in total. The van der Waals surface area contributed by atoms with E-state index in [0.29, 0.717) is 16.4 Å². The van der Waals surface area contributed by atoms with Gasteiger partial charge in [-0.25, -0.2) is 0 Å². The van der Waals surface area contributed by atoms with E-state index in [1.165, 1.54) is 0 Å². The highest BCUT2D eigenvalue weighted by Crippen LogP contribution is 2.22. The van der Waals surface area contributed by atoms with Crippen molar-refractivity contribution in [1.82, 2.24) is 10.2 Å². The van der Waals surface area contributed by atoms with Crippen molar-refractivity contribution in [2.75, 3.05) is 11.1 Å². The van der Waals surface area contributed by atoms with Gasteiger partial charge in [0.25, 0.3) is 0 Å². The summed E-state index contributed by atoms with van der Waals surface area (Å²) in [5.41, 5.74) is 6.61. The van der Waals surface area contributed by atoms with Gasteiger partial charge >= 0.3 is 0 Å². The van der Waals surface area contributed by atoms with Gasteiger partial charge in [0, 0.05) is 10.7 Å². The Hall–Kier alpha value is -2.19. The number of nitrogen functional groups attached to an aromatic ring is 1. The van der Waals surface area contributed by atoms with Crippen LogP contribution in [-0.2, 0) is 0 Å². The van der Waals surface area contributed by atoms with Crippen molar-refractivity contribution in [3.05, 3.63) is 34.9 Å². The van der Waals surface area contributed by atoms with Gasteiger partial charge < -0.3 is 11.1 Å². The molecule has 2 aromatic rings. The molecule has 6 heteroatoms. The number of halogens is 1. The maximum Gasteiger partial charge on any atom is 0.172 e. The number of H-pyrrole nitrogens is 1. The van der Waals surface area contributed by atoms with Crippen LogP contribution < -0.4 is 11.1 Å². The van der Waals surface area contributed by atoms with Crippen molar-refractivity contribution in [1.29, 1.82) is 5.26 Å². The minimum atomic E-state index is 0.249. The Morgan fingerprint density at radius 3 is 2.69 bits per heavy atom. The molecule has 1 aromatic heterocycles. The zero-order valence-corrected chi connectivity index (χ0v) is 8.92. The molecule has 0 aliphatic rings. The fraction of sp³-hybridized carbons (Fsp3) is 0. The van der Waals surface area contributed by atoms with Crippen molar-refractivity contribution in [3.8, 4) is 6.07 Å².